The molecule has 0 aliphatic carbocycles. The van der Waals surface area contributed by atoms with E-state index in [2.05, 4.69) is 37.1 Å². The number of rotatable bonds is 6. The summed E-state index contributed by atoms with van der Waals surface area (Å²) in [6.45, 7) is 9.65. The monoisotopic (exact) mass is 239 g/mol. The molecular weight excluding hydrogens is 210 g/mol. The summed E-state index contributed by atoms with van der Waals surface area (Å²) in [4.78, 5) is 0. The number of allylic oxidation sites excluding steroid dienone is 1. The first-order chi connectivity index (χ1) is 7.79. The molecule has 1 aliphatic rings. The Bertz CT molecular complexity index is 201. The fourth-order valence-electron chi connectivity index (χ4n) is 3.23. The van der Waals surface area contributed by atoms with Crippen molar-refractivity contribution in [2.24, 2.45) is 0 Å². The predicted octanol–water partition coefficient (Wildman–Crippen LogP) is 4.35. The van der Waals surface area contributed by atoms with Crippen molar-refractivity contribution >= 4 is 8.24 Å². The molecule has 1 rings (SSSR count). The lowest BCUT2D eigenvalue weighted by molar-refractivity contribution is 0.341. The third-order valence-electron chi connectivity index (χ3n) is 3.83. The molecule has 0 bridgehead atoms. The van der Waals surface area contributed by atoms with Gasteiger partial charge in [-0.2, -0.15) is 0 Å². The Labute approximate surface area is 103 Å². The fourth-order valence-corrected chi connectivity index (χ4v) is 8.21. The van der Waals surface area contributed by atoms with Crippen LogP contribution in [0.15, 0.2) is 11.8 Å². The predicted molar refractivity (Wildman–Crippen MR) is 76.2 cm³/mol. The summed E-state index contributed by atoms with van der Waals surface area (Å²) in [6.07, 6.45) is 9.35. The molecule has 1 saturated heterocycles. The summed E-state index contributed by atoms with van der Waals surface area (Å²) in [5.74, 6) is 0. The molecule has 0 atom stereocenters. The zero-order valence-corrected chi connectivity index (χ0v) is 12.5. The Kier molecular flexibility index (Phi) is 6.36. The lowest BCUT2D eigenvalue weighted by Gasteiger charge is -2.42. The zero-order valence-electron chi connectivity index (χ0n) is 11.5. The highest BCUT2D eigenvalue weighted by molar-refractivity contribution is 6.82. The lowest BCUT2D eigenvalue weighted by atomic mass is 10.2. The van der Waals surface area contributed by atoms with Crippen molar-refractivity contribution in [2.45, 2.75) is 65.0 Å². The Balaban J connectivity index is 2.79. The van der Waals surface area contributed by atoms with Gasteiger partial charge in [0.15, 0.2) is 8.24 Å². The minimum Gasteiger partial charge on any atom is -0.320 e. The van der Waals surface area contributed by atoms with Gasteiger partial charge in [-0.05, 0) is 44.9 Å². The van der Waals surface area contributed by atoms with E-state index >= 15 is 0 Å². The van der Waals surface area contributed by atoms with Gasteiger partial charge in [-0.15, -0.1) is 0 Å². The minimum atomic E-state index is -1.24. The van der Waals surface area contributed by atoms with Gasteiger partial charge in [-0.25, -0.2) is 0 Å². The second-order valence-electron chi connectivity index (χ2n) is 5.15. The molecule has 94 valence electrons. The number of hydrogen-bond donors (Lipinski definition) is 0. The van der Waals surface area contributed by atoms with Crippen LogP contribution in [0.4, 0.5) is 0 Å². The van der Waals surface area contributed by atoms with E-state index in [1.165, 1.54) is 57.3 Å². The zero-order chi connectivity index (χ0) is 11.9. The molecule has 0 amide bonds. The molecule has 0 radical (unpaired) electrons. The molecule has 0 aromatic heterocycles. The Morgan fingerprint density at radius 1 is 1.00 bits per heavy atom. The van der Waals surface area contributed by atoms with Crippen molar-refractivity contribution < 1.29 is 0 Å². The number of nitrogens with zero attached hydrogens (tertiary/aromatic N) is 1. The van der Waals surface area contributed by atoms with Gasteiger partial charge >= 0.3 is 0 Å². The van der Waals surface area contributed by atoms with E-state index in [1.54, 1.807) is 0 Å². The van der Waals surface area contributed by atoms with Gasteiger partial charge in [0.1, 0.15) is 0 Å². The van der Waals surface area contributed by atoms with E-state index in [0.29, 0.717) is 0 Å². The maximum absolute atomic E-state index is 2.89. The Hall–Kier alpha value is -0.0831. The van der Waals surface area contributed by atoms with Crippen LogP contribution in [-0.4, -0.2) is 25.9 Å². The van der Waals surface area contributed by atoms with Crippen LogP contribution in [0.5, 0.6) is 0 Å². The number of hydrogen-bond acceptors (Lipinski definition) is 1. The molecule has 1 fully saturated rings. The average molecular weight is 239 g/mol. The molecule has 0 N–H and O–H groups in total. The quantitative estimate of drug-likeness (QED) is 0.623. The van der Waals surface area contributed by atoms with E-state index in [-0.39, 0.29) is 0 Å². The molecule has 0 spiro atoms. The molecule has 2 heteroatoms. The van der Waals surface area contributed by atoms with Crippen molar-refractivity contribution in [1.29, 1.82) is 0 Å². The molecule has 1 nitrogen and oxygen atoms in total. The highest BCUT2D eigenvalue weighted by Crippen LogP contribution is 2.28. The van der Waals surface area contributed by atoms with Crippen LogP contribution in [0.1, 0.15) is 52.9 Å². The average Bonchev–Trinajstić information content (AvgIpc) is 2.31. The highest BCUT2D eigenvalue weighted by Gasteiger charge is 2.35. The third-order valence-corrected chi connectivity index (χ3v) is 9.22. The van der Waals surface area contributed by atoms with Gasteiger partial charge < -0.3 is 4.57 Å². The number of piperidine rings is 1. The van der Waals surface area contributed by atoms with E-state index in [4.69, 9.17) is 0 Å². The van der Waals surface area contributed by atoms with Gasteiger partial charge in [0, 0.05) is 0 Å². The second-order valence-corrected chi connectivity index (χ2v) is 9.32. The standard InChI is InChI=1S/C14H29NSi/c1-4-12-16(13-5-2,14-6-3)15-10-8-7-9-11-15/h4,12H,5-11,13-14H2,1-3H3. The lowest BCUT2D eigenvalue weighted by Crippen LogP contribution is -2.54. The Morgan fingerprint density at radius 2 is 1.56 bits per heavy atom. The Morgan fingerprint density at radius 3 is 2.00 bits per heavy atom. The molecule has 16 heavy (non-hydrogen) atoms. The van der Waals surface area contributed by atoms with E-state index < -0.39 is 8.24 Å². The normalized spacial score (nSPS) is 19.4. The summed E-state index contributed by atoms with van der Waals surface area (Å²) in [6, 6.07) is 2.93. The summed E-state index contributed by atoms with van der Waals surface area (Å²) in [5.41, 5.74) is 2.62. The summed E-state index contributed by atoms with van der Waals surface area (Å²) in [7, 11) is -1.24. The molecule has 0 aromatic rings. The van der Waals surface area contributed by atoms with Gasteiger partial charge in [-0.1, -0.05) is 44.9 Å². The summed E-state index contributed by atoms with van der Waals surface area (Å²) < 4.78 is 2.89. The van der Waals surface area contributed by atoms with Gasteiger partial charge in [0.25, 0.3) is 0 Å². The molecular formula is C14H29NSi. The van der Waals surface area contributed by atoms with Gasteiger partial charge in [-0.3, -0.25) is 0 Å². The van der Waals surface area contributed by atoms with Gasteiger partial charge in [0.2, 0.25) is 0 Å². The minimum absolute atomic E-state index is 1.24. The maximum atomic E-state index is 2.89. The topological polar surface area (TPSA) is 3.24 Å². The SMILES string of the molecule is CC=C[Si](CCC)(CCC)N1CCCCC1. The van der Waals surface area contributed by atoms with Crippen LogP contribution < -0.4 is 0 Å². The maximum Gasteiger partial charge on any atom is 0.152 e. The molecule has 0 unspecified atom stereocenters. The molecule has 1 heterocycles. The van der Waals surface area contributed by atoms with Crippen molar-refractivity contribution in [3.05, 3.63) is 11.8 Å². The van der Waals surface area contributed by atoms with Crippen molar-refractivity contribution in [3.63, 3.8) is 0 Å². The van der Waals surface area contributed by atoms with Crippen LogP contribution in [-0.2, 0) is 0 Å². The first-order valence-corrected chi connectivity index (χ1v) is 9.62. The van der Waals surface area contributed by atoms with Crippen LogP contribution in [0.25, 0.3) is 0 Å². The summed E-state index contributed by atoms with van der Waals surface area (Å²) >= 11 is 0. The smallest absolute Gasteiger partial charge is 0.152 e. The van der Waals surface area contributed by atoms with Crippen LogP contribution in [0, 0.1) is 0 Å². The van der Waals surface area contributed by atoms with E-state index in [1.807, 2.05) is 0 Å². The van der Waals surface area contributed by atoms with E-state index in [0.717, 1.165) is 0 Å². The second kappa shape index (κ2) is 7.28. The first kappa shape index (κ1) is 14.0. The van der Waals surface area contributed by atoms with Crippen molar-refractivity contribution in [1.82, 2.24) is 4.57 Å². The molecule has 0 saturated carbocycles. The van der Waals surface area contributed by atoms with Crippen molar-refractivity contribution in [3.8, 4) is 0 Å². The fraction of sp³-hybridized carbons (Fsp3) is 0.857. The molecule has 1 aliphatic heterocycles. The first-order valence-electron chi connectivity index (χ1n) is 7.18. The molecule has 0 aromatic carbocycles. The summed E-state index contributed by atoms with van der Waals surface area (Å²) in [5, 5.41) is 0. The van der Waals surface area contributed by atoms with Crippen LogP contribution in [0.3, 0.4) is 0 Å². The van der Waals surface area contributed by atoms with Crippen molar-refractivity contribution in [2.75, 3.05) is 13.1 Å². The van der Waals surface area contributed by atoms with Crippen LogP contribution >= 0.6 is 0 Å². The van der Waals surface area contributed by atoms with Gasteiger partial charge in [0.05, 0.1) is 0 Å². The van der Waals surface area contributed by atoms with Crippen LogP contribution in [0.2, 0.25) is 12.1 Å². The highest BCUT2D eigenvalue weighted by atomic mass is 28.3. The third kappa shape index (κ3) is 3.46. The largest absolute Gasteiger partial charge is 0.320 e. The van der Waals surface area contributed by atoms with E-state index in [9.17, 15) is 0 Å².